The van der Waals surface area contributed by atoms with Gasteiger partial charge in [0.2, 0.25) is 0 Å². The number of benzene rings is 1. The summed E-state index contributed by atoms with van der Waals surface area (Å²) in [6.07, 6.45) is 4.11. The Kier molecular flexibility index (Phi) is 6.34. The number of carbonyl (C=O) groups is 1. The van der Waals surface area contributed by atoms with Gasteiger partial charge < -0.3 is 10.1 Å². The van der Waals surface area contributed by atoms with E-state index < -0.39 is 6.10 Å². The highest BCUT2D eigenvalue weighted by molar-refractivity contribution is 7.98. The smallest absolute Gasteiger partial charge is 0.261 e. The van der Waals surface area contributed by atoms with Crippen molar-refractivity contribution in [3.8, 4) is 5.75 Å². The van der Waals surface area contributed by atoms with Gasteiger partial charge in [0.05, 0.1) is 6.04 Å². The van der Waals surface area contributed by atoms with Crippen LogP contribution in [0.5, 0.6) is 5.75 Å². The fourth-order valence-electron chi connectivity index (χ4n) is 2.76. The van der Waals surface area contributed by atoms with Gasteiger partial charge in [0.1, 0.15) is 5.75 Å². The van der Waals surface area contributed by atoms with Crippen LogP contribution in [0.25, 0.3) is 5.65 Å². The number of pyridine rings is 1. The van der Waals surface area contributed by atoms with Crippen molar-refractivity contribution in [1.82, 2.24) is 19.9 Å². The van der Waals surface area contributed by atoms with Gasteiger partial charge in [-0.05, 0) is 56.5 Å². The Morgan fingerprint density at radius 3 is 2.74 bits per heavy atom. The second-order valence-corrected chi connectivity index (χ2v) is 7.39. The summed E-state index contributed by atoms with van der Waals surface area (Å²) in [5, 5.41) is 11.6. The van der Waals surface area contributed by atoms with E-state index in [1.54, 1.807) is 18.7 Å². The molecule has 2 aromatic heterocycles. The minimum absolute atomic E-state index is 0.172. The summed E-state index contributed by atoms with van der Waals surface area (Å²) in [5.74, 6) is 2.14. The number of amides is 1. The van der Waals surface area contributed by atoms with Crippen molar-refractivity contribution >= 4 is 23.3 Å². The van der Waals surface area contributed by atoms with Crippen molar-refractivity contribution in [3.63, 3.8) is 0 Å². The molecular weight excluding hydrogens is 360 g/mol. The largest absolute Gasteiger partial charge is 0.481 e. The molecule has 6 nitrogen and oxygen atoms in total. The SMILES string of the molecule is CSCCC(NC(=O)C(C)Oc1ccc(C)cc1)c1nnc2ccccn12. The molecule has 0 radical (unpaired) electrons. The molecule has 0 aliphatic heterocycles. The highest BCUT2D eigenvalue weighted by atomic mass is 32.2. The van der Waals surface area contributed by atoms with Gasteiger partial charge in [-0.15, -0.1) is 10.2 Å². The first-order valence-corrected chi connectivity index (χ1v) is 10.3. The van der Waals surface area contributed by atoms with Gasteiger partial charge in [0.25, 0.3) is 5.91 Å². The lowest BCUT2D eigenvalue weighted by Crippen LogP contribution is -2.39. The Bertz CT molecular complexity index is 894. The fraction of sp³-hybridized carbons (Fsp3) is 0.350. The van der Waals surface area contributed by atoms with Crippen LogP contribution in [-0.4, -0.2) is 38.6 Å². The predicted molar refractivity (Wildman–Crippen MR) is 108 cm³/mol. The van der Waals surface area contributed by atoms with E-state index in [1.807, 2.05) is 66.2 Å². The van der Waals surface area contributed by atoms with Gasteiger partial charge in [-0.3, -0.25) is 9.20 Å². The molecule has 7 heteroatoms. The second kappa shape index (κ2) is 8.90. The Morgan fingerprint density at radius 1 is 1.22 bits per heavy atom. The van der Waals surface area contributed by atoms with Crippen LogP contribution in [0.4, 0.5) is 0 Å². The quantitative estimate of drug-likeness (QED) is 0.644. The summed E-state index contributed by atoms with van der Waals surface area (Å²) in [6.45, 7) is 3.77. The van der Waals surface area contributed by atoms with E-state index in [1.165, 1.54) is 0 Å². The van der Waals surface area contributed by atoms with Crippen LogP contribution in [-0.2, 0) is 4.79 Å². The molecule has 0 saturated carbocycles. The van der Waals surface area contributed by atoms with Crippen LogP contribution in [0, 0.1) is 6.92 Å². The molecule has 2 heterocycles. The molecule has 1 N–H and O–H groups in total. The molecular formula is C20H24N4O2S. The lowest BCUT2D eigenvalue weighted by atomic mass is 10.2. The number of ether oxygens (including phenoxy) is 1. The van der Waals surface area contributed by atoms with E-state index in [0.717, 1.165) is 29.2 Å². The molecule has 0 bridgehead atoms. The summed E-state index contributed by atoms with van der Waals surface area (Å²) in [4.78, 5) is 12.7. The van der Waals surface area contributed by atoms with Crippen molar-refractivity contribution < 1.29 is 9.53 Å². The minimum Gasteiger partial charge on any atom is -0.481 e. The third-order valence-electron chi connectivity index (χ3n) is 4.28. The fourth-order valence-corrected chi connectivity index (χ4v) is 3.23. The summed E-state index contributed by atoms with van der Waals surface area (Å²) in [6, 6.07) is 13.2. The highest BCUT2D eigenvalue weighted by Gasteiger charge is 2.23. The number of hydrogen-bond donors (Lipinski definition) is 1. The summed E-state index contributed by atoms with van der Waals surface area (Å²) < 4.78 is 7.69. The first-order valence-electron chi connectivity index (χ1n) is 8.91. The van der Waals surface area contributed by atoms with Crippen LogP contribution in [0.1, 0.15) is 30.8 Å². The van der Waals surface area contributed by atoms with Gasteiger partial charge in [-0.2, -0.15) is 11.8 Å². The molecule has 3 rings (SSSR count). The average molecular weight is 385 g/mol. The molecule has 2 atom stereocenters. The first-order chi connectivity index (χ1) is 13.1. The van der Waals surface area contributed by atoms with Crippen LogP contribution in [0.15, 0.2) is 48.7 Å². The number of aryl methyl sites for hydroxylation is 1. The zero-order valence-electron chi connectivity index (χ0n) is 15.8. The van der Waals surface area contributed by atoms with Crippen molar-refractivity contribution in [2.45, 2.75) is 32.4 Å². The van der Waals surface area contributed by atoms with Crippen molar-refractivity contribution in [1.29, 1.82) is 0 Å². The average Bonchev–Trinajstić information content (AvgIpc) is 3.10. The van der Waals surface area contributed by atoms with Gasteiger partial charge in [-0.25, -0.2) is 0 Å². The van der Waals surface area contributed by atoms with Crippen molar-refractivity contribution in [3.05, 3.63) is 60.0 Å². The van der Waals surface area contributed by atoms with Crippen LogP contribution >= 0.6 is 11.8 Å². The number of thioether (sulfide) groups is 1. The minimum atomic E-state index is -0.608. The third-order valence-corrected chi connectivity index (χ3v) is 4.93. The molecule has 0 spiro atoms. The van der Waals surface area contributed by atoms with E-state index in [-0.39, 0.29) is 11.9 Å². The Labute approximate surface area is 163 Å². The number of aromatic nitrogens is 3. The molecule has 0 fully saturated rings. The molecule has 1 amide bonds. The molecule has 0 aliphatic carbocycles. The number of hydrogen-bond acceptors (Lipinski definition) is 5. The monoisotopic (exact) mass is 384 g/mol. The van der Waals surface area contributed by atoms with E-state index in [9.17, 15) is 4.79 Å². The Hall–Kier alpha value is -2.54. The lowest BCUT2D eigenvalue weighted by molar-refractivity contribution is -0.128. The maximum atomic E-state index is 12.7. The number of nitrogens with one attached hydrogen (secondary N) is 1. The number of nitrogens with zero attached hydrogens (tertiary/aromatic N) is 3. The maximum Gasteiger partial charge on any atom is 0.261 e. The normalized spacial score (nSPS) is 13.3. The van der Waals surface area contributed by atoms with Gasteiger partial charge in [-0.1, -0.05) is 23.8 Å². The Morgan fingerprint density at radius 2 is 2.00 bits per heavy atom. The third kappa shape index (κ3) is 4.80. The molecule has 2 unspecified atom stereocenters. The van der Waals surface area contributed by atoms with Crippen LogP contribution < -0.4 is 10.1 Å². The number of carbonyl (C=O) groups excluding carboxylic acids is 1. The molecule has 1 aromatic carbocycles. The summed E-state index contributed by atoms with van der Waals surface area (Å²) in [7, 11) is 0. The van der Waals surface area contributed by atoms with Crippen molar-refractivity contribution in [2.75, 3.05) is 12.0 Å². The van der Waals surface area contributed by atoms with Crippen LogP contribution in [0.3, 0.4) is 0 Å². The van der Waals surface area contributed by atoms with Gasteiger partial charge >= 0.3 is 0 Å². The highest BCUT2D eigenvalue weighted by Crippen LogP contribution is 2.19. The Balaban J connectivity index is 1.73. The molecule has 27 heavy (non-hydrogen) atoms. The van der Waals surface area contributed by atoms with E-state index >= 15 is 0 Å². The van der Waals surface area contributed by atoms with Crippen LogP contribution in [0.2, 0.25) is 0 Å². The van der Waals surface area contributed by atoms with Crippen molar-refractivity contribution in [2.24, 2.45) is 0 Å². The van der Waals surface area contributed by atoms with Gasteiger partial charge in [0, 0.05) is 6.20 Å². The second-order valence-electron chi connectivity index (χ2n) is 6.40. The van der Waals surface area contributed by atoms with E-state index in [0.29, 0.717) is 5.75 Å². The van der Waals surface area contributed by atoms with E-state index in [4.69, 9.17) is 4.74 Å². The topological polar surface area (TPSA) is 68.5 Å². The standard InChI is InChI=1S/C20H24N4O2S/c1-14-7-9-16(10-8-14)26-15(2)20(25)21-17(11-13-27-3)19-23-22-18-6-4-5-12-24(18)19/h4-10,12,15,17H,11,13H2,1-3H3,(H,21,25). The van der Waals surface area contributed by atoms with Gasteiger partial charge in [0.15, 0.2) is 17.6 Å². The first kappa shape index (κ1) is 19.2. The molecule has 3 aromatic rings. The molecule has 0 aliphatic rings. The summed E-state index contributed by atoms with van der Waals surface area (Å²) >= 11 is 1.73. The number of fused-ring (bicyclic) bond motifs is 1. The molecule has 0 saturated heterocycles. The number of rotatable bonds is 8. The zero-order valence-corrected chi connectivity index (χ0v) is 16.6. The molecule has 142 valence electrons. The lowest BCUT2D eigenvalue weighted by Gasteiger charge is -2.20. The predicted octanol–water partition coefficient (Wildman–Crippen LogP) is 3.42. The summed E-state index contributed by atoms with van der Waals surface area (Å²) in [5.41, 5.74) is 1.91. The zero-order chi connectivity index (χ0) is 19.2. The maximum absolute atomic E-state index is 12.7. The van der Waals surface area contributed by atoms with E-state index in [2.05, 4.69) is 15.5 Å².